The molecule has 13 heteroatoms. The quantitative estimate of drug-likeness (QED) is 0.106. The first-order valence-electron chi connectivity index (χ1n) is 17.9. The second-order valence-corrected chi connectivity index (χ2v) is 19.8. The third-order valence-corrected chi connectivity index (χ3v) is 16.3. The van der Waals surface area contributed by atoms with Crippen LogP contribution in [-0.2, 0) is 29.8 Å². The molecule has 1 unspecified atom stereocenters. The molecule has 1 N–H and O–H groups in total. The molecule has 3 aliphatic rings. The van der Waals surface area contributed by atoms with E-state index in [0.29, 0.717) is 0 Å². The minimum absolute atomic E-state index is 0.0919. The van der Waals surface area contributed by atoms with E-state index in [2.05, 4.69) is 76.0 Å². The van der Waals surface area contributed by atoms with Crippen LogP contribution in [0.1, 0.15) is 40.2 Å². The SMILES string of the molecule is [B]NPOC(=O)C1=C(COc2cccc3c(C[N+](C)(C)CCN4CCOCC4)cccc23)[C@H](C)[C@@H]2[C@@H]([C@@H](C)O[Si](CC)(CC)CC)C(=O)N12. The number of carbonyl (C=O) groups excluding carboxylic acids is 2. The standard InChI is InChI=1S/C36H55BN4O6PSi/c1-8-49(9-2,10-3)47-26(5)32-33-25(4)30(34(40(33)35(32)42)36(43)46-48-38-37)24-45-31-16-12-14-28-27(13-11-15-29(28)31)23-41(6,7)20-17-39-18-21-44-22-19-39/h11-16,25-26,32-33,38,48H,8-10,17-24H2,1-7H3/q+1/t25-,26+,32+,33+/m0/s1. The molecule has 0 bridgehead atoms. The Kier molecular flexibility index (Phi) is 12.7. The molecule has 5 rings (SSSR count). The molecule has 2 fully saturated rings. The normalized spacial score (nSPS) is 22.6. The minimum Gasteiger partial charge on any atom is -0.488 e. The molecule has 2 aromatic carbocycles. The van der Waals surface area contributed by atoms with Gasteiger partial charge in [-0.15, -0.1) is 0 Å². The zero-order chi connectivity index (χ0) is 35.3. The van der Waals surface area contributed by atoms with Crippen molar-refractivity contribution in [2.24, 2.45) is 11.8 Å². The maximum absolute atomic E-state index is 13.8. The van der Waals surface area contributed by atoms with Gasteiger partial charge in [0.2, 0.25) is 5.91 Å². The van der Waals surface area contributed by atoms with Crippen molar-refractivity contribution in [2.75, 3.05) is 60.1 Å². The Bertz CT molecular complexity index is 1510. The molecule has 49 heavy (non-hydrogen) atoms. The van der Waals surface area contributed by atoms with Crippen LogP contribution < -0.4 is 9.74 Å². The number of ether oxygens (including phenoxy) is 2. The van der Waals surface area contributed by atoms with Crippen molar-refractivity contribution in [3.8, 4) is 5.75 Å². The number of morpholine rings is 1. The van der Waals surface area contributed by atoms with Crippen LogP contribution in [0.15, 0.2) is 47.7 Å². The van der Waals surface area contributed by atoms with Crippen molar-refractivity contribution < 1.29 is 32.5 Å². The number of nitrogens with one attached hydrogen (secondary N) is 1. The van der Waals surface area contributed by atoms with Gasteiger partial charge in [-0.25, -0.2) is 4.79 Å². The third-order valence-electron chi connectivity index (χ3n) is 11.1. The maximum atomic E-state index is 13.8. The van der Waals surface area contributed by atoms with E-state index in [1.807, 2.05) is 19.1 Å². The number of β-lactam (4-membered cyclic amide) rings is 1. The van der Waals surface area contributed by atoms with Gasteiger partial charge >= 0.3 is 5.97 Å². The van der Waals surface area contributed by atoms with Gasteiger partial charge in [-0.3, -0.25) is 9.69 Å². The largest absolute Gasteiger partial charge is 0.488 e. The summed E-state index contributed by atoms with van der Waals surface area (Å²) in [6.45, 7) is 17.4. The molecule has 1 amide bonds. The first-order chi connectivity index (χ1) is 23.5. The molecule has 0 aliphatic carbocycles. The van der Waals surface area contributed by atoms with Gasteiger partial charge in [0.1, 0.15) is 33.6 Å². The Labute approximate surface area is 296 Å². The molecule has 5 atom stereocenters. The zero-order valence-electron chi connectivity index (χ0n) is 30.4. The Balaban J connectivity index is 1.36. The third kappa shape index (κ3) is 8.11. The van der Waals surface area contributed by atoms with E-state index in [9.17, 15) is 9.59 Å². The first kappa shape index (κ1) is 37.9. The molecule has 266 valence electrons. The van der Waals surface area contributed by atoms with Crippen LogP contribution in [0, 0.1) is 11.8 Å². The van der Waals surface area contributed by atoms with Gasteiger partial charge in [-0.2, -0.15) is 0 Å². The van der Waals surface area contributed by atoms with Gasteiger partial charge in [0.05, 0.1) is 51.9 Å². The van der Waals surface area contributed by atoms with E-state index < -0.39 is 23.2 Å². The molecular formula is C36H55BN4O6PSi+. The molecule has 2 saturated heterocycles. The van der Waals surface area contributed by atoms with E-state index in [1.165, 1.54) is 5.56 Å². The van der Waals surface area contributed by atoms with Crippen molar-refractivity contribution in [2.45, 2.75) is 71.4 Å². The van der Waals surface area contributed by atoms with Crippen molar-refractivity contribution >= 4 is 47.9 Å². The molecule has 10 nitrogen and oxygen atoms in total. The highest BCUT2D eigenvalue weighted by molar-refractivity contribution is 7.32. The highest BCUT2D eigenvalue weighted by Gasteiger charge is 2.61. The van der Waals surface area contributed by atoms with Crippen molar-refractivity contribution in [1.82, 2.24) is 14.8 Å². The number of fused-ring (bicyclic) bond motifs is 2. The van der Waals surface area contributed by atoms with E-state index in [1.54, 1.807) is 4.90 Å². The zero-order valence-corrected chi connectivity index (χ0v) is 32.4. The van der Waals surface area contributed by atoms with Crippen LogP contribution in [0.2, 0.25) is 18.1 Å². The monoisotopic (exact) mass is 709 g/mol. The summed E-state index contributed by atoms with van der Waals surface area (Å²) < 4.78 is 25.2. The summed E-state index contributed by atoms with van der Waals surface area (Å²) in [5, 5.41) is 2.18. The second-order valence-electron chi connectivity index (χ2n) is 14.4. The summed E-state index contributed by atoms with van der Waals surface area (Å²) in [7, 11) is 7.64. The lowest BCUT2D eigenvalue weighted by atomic mass is 9.78. The summed E-state index contributed by atoms with van der Waals surface area (Å²) in [5.41, 5.74) is 2.30. The average molecular weight is 710 g/mol. The summed E-state index contributed by atoms with van der Waals surface area (Å²) in [6, 6.07) is 15.4. The Morgan fingerprint density at radius 2 is 1.78 bits per heavy atom. The Morgan fingerprint density at radius 3 is 2.45 bits per heavy atom. The lowest BCUT2D eigenvalue weighted by molar-refractivity contribution is -0.903. The predicted octanol–water partition coefficient (Wildman–Crippen LogP) is 4.99. The molecule has 2 radical (unpaired) electrons. The van der Waals surface area contributed by atoms with Crippen LogP contribution in [-0.4, -0.2) is 115 Å². The van der Waals surface area contributed by atoms with Gasteiger partial charge in [0, 0.05) is 42.1 Å². The Hall–Kier alpha value is -2.31. The van der Waals surface area contributed by atoms with Crippen molar-refractivity contribution in [3.05, 3.63) is 53.2 Å². The highest BCUT2D eigenvalue weighted by Crippen LogP contribution is 2.49. The van der Waals surface area contributed by atoms with Gasteiger partial charge in [-0.1, -0.05) is 58.0 Å². The minimum atomic E-state index is -1.94. The summed E-state index contributed by atoms with van der Waals surface area (Å²) in [6.07, 6.45) is -0.235. The van der Waals surface area contributed by atoms with Gasteiger partial charge in [0.25, 0.3) is 0 Å². The van der Waals surface area contributed by atoms with Gasteiger partial charge in [-0.05, 0) is 36.5 Å². The fourth-order valence-corrected chi connectivity index (χ4v) is 11.1. The lowest BCUT2D eigenvalue weighted by Crippen LogP contribution is -2.65. The number of hydrogen-bond donors (Lipinski definition) is 1. The predicted molar refractivity (Wildman–Crippen MR) is 199 cm³/mol. The number of rotatable bonds is 17. The number of nitrogens with zero attached hydrogens (tertiary/aromatic N) is 3. The average Bonchev–Trinajstić information content (AvgIpc) is 3.35. The molecule has 3 heterocycles. The first-order valence-corrected chi connectivity index (χ1v) is 21.3. The van der Waals surface area contributed by atoms with E-state index >= 15 is 0 Å². The number of likely N-dealkylation sites (N-methyl/N-ethyl adjacent to an activating group) is 1. The smallest absolute Gasteiger partial charge is 0.358 e. The lowest BCUT2D eigenvalue weighted by Gasteiger charge is -2.49. The molecule has 0 spiro atoms. The summed E-state index contributed by atoms with van der Waals surface area (Å²) in [5.74, 6) is -0.352. The number of amides is 1. The topological polar surface area (TPSA) is 89.6 Å². The van der Waals surface area contributed by atoms with E-state index in [4.69, 9.17) is 26.4 Å². The number of benzene rings is 2. The second kappa shape index (κ2) is 16.4. The van der Waals surface area contributed by atoms with E-state index in [0.717, 1.165) is 90.6 Å². The molecule has 3 aliphatic heterocycles. The number of quaternary nitrogens is 1. The molecule has 0 saturated carbocycles. The fourth-order valence-electron chi connectivity index (χ4n) is 7.94. The number of carbonyl (C=O) groups is 2. The highest BCUT2D eigenvalue weighted by atomic mass is 31.1. The van der Waals surface area contributed by atoms with Crippen molar-refractivity contribution in [1.29, 1.82) is 0 Å². The summed E-state index contributed by atoms with van der Waals surface area (Å²) >= 11 is 0. The van der Waals surface area contributed by atoms with Gasteiger partial charge < -0.3 is 32.8 Å². The molecular weight excluding hydrogens is 654 g/mol. The van der Waals surface area contributed by atoms with Crippen LogP contribution in [0.4, 0.5) is 0 Å². The number of hydrogen-bond acceptors (Lipinski definition) is 8. The molecule has 0 aromatic heterocycles. The van der Waals surface area contributed by atoms with Gasteiger partial charge in [0.15, 0.2) is 16.3 Å². The van der Waals surface area contributed by atoms with Crippen LogP contribution in [0.5, 0.6) is 5.75 Å². The fraction of sp³-hybridized carbons (Fsp3) is 0.611. The van der Waals surface area contributed by atoms with Crippen LogP contribution in [0.3, 0.4) is 0 Å². The van der Waals surface area contributed by atoms with Crippen molar-refractivity contribution in [3.63, 3.8) is 0 Å². The van der Waals surface area contributed by atoms with E-state index in [-0.39, 0.29) is 42.2 Å². The Morgan fingerprint density at radius 1 is 1.10 bits per heavy atom. The maximum Gasteiger partial charge on any atom is 0.358 e. The van der Waals surface area contributed by atoms with Crippen LogP contribution in [0.25, 0.3) is 10.8 Å². The molecule has 2 aromatic rings. The summed E-state index contributed by atoms with van der Waals surface area (Å²) in [4.78, 5) is 33.7. The van der Waals surface area contributed by atoms with Crippen LogP contribution >= 0.6 is 8.96 Å².